The summed E-state index contributed by atoms with van der Waals surface area (Å²) in [5, 5.41) is 13.7. The lowest BCUT2D eigenvalue weighted by molar-refractivity contribution is -0.384. The van der Waals surface area contributed by atoms with Gasteiger partial charge in [0.2, 0.25) is 5.91 Å². The fourth-order valence-corrected chi connectivity index (χ4v) is 2.69. The van der Waals surface area contributed by atoms with Gasteiger partial charge in [-0.3, -0.25) is 14.9 Å². The molecule has 0 aromatic heterocycles. The number of amides is 1. The molecule has 1 aliphatic rings. The number of hydrogen-bond acceptors (Lipinski definition) is 4. The number of hydrogen-bond donors (Lipinski definition) is 1. The highest BCUT2D eigenvalue weighted by Crippen LogP contribution is 2.23. The number of nitrogens with zero attached hydrogens (tertiary/aromatic N) is 1. The molecule has 22 heavy (non-hydrogen) atoms. The average Bonchev–Trinajstić information content (AvgIpc) is 2.91. The summed E-state index contributed by atoms with van der Waals surface area (Å²) >= 11 is 0. The molecule has 3 atom stereocenters. The number of ether oxygens (including phenoxy) is 1. The van der Waals surface area contributed by atoms with Crippen molar-refractivity contribution in [2.45, 2.75) is 57.8 Å². The van der Waals surface area contributed by atoms with Crippen LogP contribution < -0.4 is 5.32 Å². The van der Waals surface area contributed by atoms with Gasteiger partial charge in [0.1, 0.15) is 0 Å². The zero-order chi connectivity index (χ0) is 16.1. The number of non-ortho nitro benzene ring substituents is 1. The van der Waals surface area contributed by atoms with Gasteiger partial charge in [0, 0.05) is 18.6 Å². The van der Waals surface area contributed by atoms with E-state index in [1.165, 1.54) is 12.1 Å². The molecule has 0 saturated carbocycles. The van der Waals surface area contributed by atoms with Crippen molar-refractivity contribution in [3.05, 3.63) is 39.9 Å². The van der Waals surface area contributed by atoms with Crippen molar-refractivity contribution in [1.29, 1.82) is 0 Å². The summed E-state index contributed by atoms with van der Waals surface area (Å²) in [6, 6.07) is 6.09. The third-order valence-electron chi connectivity index (χ3n) is 3.97. The molecule has 120 valence electrons. The van der Waals surface area contributed by atoms with E-state index >= 15 is 0 Å². The van der Waals surface area contributed by atoms with Gasteiger partial charge in [0.05, 0.1) is 23.2 Å². The molecule has 6 heteroatoms. The Labute approximate surface area is 130 Å². The number of nitro benzene ring substituents is 1. The molecule has 0 unspecified atom stereocenters. The minimum Gasteiger partial charge on any atom is -0.375 e. The highest BCUT2D eigenvalue weighted by atomic mass is 16.6. The highest BCUT2D eigenvalue weighted by molar-refractivity contribution is 5.76. The quantitative estimate of drug-likeness (QED) is 0.646. The molecular formula is C16H22N2O4. The Hall–Kier alpha value is -1.95. The summed E-state index contributed by atoms with van der Waals surface area (Å²) < 4.78 is 5.69. The maximum absolute atomic E-state index is 12.0. The highest BCUT2D eigenvalue weighted by Gasteiger charge is 2.22. The molecule has 0 spiro atoms. The fraction of sp³-hybridized carbons (Fsp3) is 0.562. The van der Waals surface area contributed by atoms with Gasteiger partial charge in [0.25, 0.3) is 5.69 Å². The van der Waals surface area contributed by atoms with Crippen LogP contribution in [0.3, 0.4) is 0 Å². The van der Waals surface area contributed by atoms with Crippen LogP contribution in [0.1, 0.15) is 51.1 Å². The van der Waals surface area contributed by atoms with Crippen LogP contribution in [0.15, 0.2) is 24.3 Å². The summed E-state index contributed by atoms with van der Waals surface area (Å²) in [7, 11) is 0. The summed E-state index contributed by atoms with van der Waals surface area (Å²) in [5.74, 6) is -0.0536. The third kappa shape index (κ3) is 4.53. The Morgan fingerprint density at radius 2 is 2.27 bits per heavy atom. The molecule has 0 radical (unpaired) electrons. The van der Waals surface area contributed by atoms with E-state index in [-0.39, 0.29) is 29.8 Å². The summed E-state index contributed by atoms with van der Waals surface area (Å²) in [6.07, 6.45) is 3.66. The minimum absolute atomic E-state index is 0.0342. The van der Waals surface area contributed by atoms with Crippen molar-refractivity contribution in [3.63, 3.8) is 0 Å². The Morgan fingerprint density at radius 1 is 1.50 bits per heavy atom. The van der Waals surface area contributed by atoms with Crippen molar-refractivity contribution in [1.82, 2.24) is 5.32 Å². The lowest BCUT2D eigenvalue weighted by atomic mass is 10.1. The molecule has 1 fully saturated rings. The van der Waals surface area contributed by atoms with Crippen molar-refractivity contribution in [2.75, 3.05) is 0 Å². The van der Waals surface area contributed by atoms with Gasteiger partial charge in [-0.25, -0.2) is 0 Å². The zero-order valence-electron chi connectivity index (χ0n) is 13.0. The lowest BCUT2D eigenvalue weighted by Gasteiger charge is -2.15. The molecule has 1 N–H and O–H groups in total. The van der Waals surface area contributed by atoms with E-state index in [0.717, 1.165) is 24.8 Å². The molecule has 1 amide bonds. The van der Waals surface area contributed by atoms with Crippen molar-refractivity contribution in [3.8, 4) is 0 Å². The first kappa shape index (κ1) is 16.4. The molecular weight excluding hydrogens is 284 g/mol. The van der Waals surface area contributed by atoms with Crippen molar-refractivity contribution in [2.24, 2.45) is 0 Å². The van der Waals surface area contributed by atoms with E-state index in [0.29, 0.717) is 6.42 Å². The lowest BCUT2D eigenvalue weighted by Crippen LogP contribution is -2.27. The predicted octanol–water partition coefficient (Wildman–Crippen LogP) is 3.12. The van der Waals surface area contributed by atoms with E-state index in [1.54, 1.807) is 12.1 Å². The van der Waals surface area contributed by atoms with Crippen LogP contribution in [0.2, 0.25) is 0 Å². The Balaban J connectivity index is 1.83. The van der Waals surface area contributed by atoms with Crippen LogP contribution in [-0.4, -0.2) is 23.0 Å². The number of nitro groups is 1. The number of nitrogens with one attached hydrogen (secondary N) is 1. The maximum Gasteiger partial charge on any atom is 0.269 e. The number of carbonyl (C=O) groups excluding carboxylic acids is 1. The molecule has 1 aliphatic heterocycles. The monoisotopic (exact) mass is 306 g/mol. The van der Waals surface area contributed by atoms with Crippen LogP contribution in [-0.2, 0) is 9.53 Å². The molecule has 0 aliphatic carbocycles. The van der Waals surface area contributed by atoms with Crippen molar-refractivity contribution >= 4 is 11.6 Å². The van der Waals surface area contributed by atoms with E-state index in [1.807, 2.05) is 13.8 Å². The largest absolute Gasteiger partial charge is 0.375 e. The first-order chi connectivity index (χ1) is 10.5. The summed E-state index contributed by atoms with van der Waals surface area (Å²) in [5.41, 5.74) is 0.764. The number of carbonyl (C=O) groups is 1. The molecule has 6 nitrogen and oxygen atoms in total. The number of rotatable bonds is 6. The number of benzene rings is 1. The van der Waals surface area contributed by atoms with Crippen LogP contribution in [0.4, 0.5) is 5.69 Å². The third-order valence-corrected chi connectivity index (χ3v) is 3.97. The van der Waals surface area contributed by atoms with Gasteiger partial charge in [-0.2, -0.15) is 0 Å². The van der Waals surface area contributed by atoms with E-state index in [4.69, 9.17) is 4.74 Å². The van der Waals surface area contributed by atoms with Gasteiger partial charge < -0.3 is 10.1 Å². The first-order valence-electron chi connectivity index (χ1n) is 7.65. The fourth-order valence-electron chi connectivity index (χ4n) is 2.69. The molecule has 2 rings (SSSR count). The predicted molar refractivity (Wildman–Crippen MR) is 82.5 cm³/mol. The van der Waals surface area contributed by atoms with Gasteiger partial charge in [-0.1, -0.05) is 12.1 Å². The molecule has 1 heterocycles. The Kier molecular flexibility index (Phi) is 5.49. The van der Waals surface area contributed by atoms with E-state index in [2.05, 4.69) is 5.32 Å². The molecule has 1 aromatic rings. The second kappa shape index (κ2) is 7.35. The van der Waals surface area contributed by atoms with Gasteiger partial charge >= 0.3 is 0 Å². The second-order valence-corrected chi connectivity index (χ2v) is 5.83. The normalized spacial score (nSPS) is 22.3. The van der Waals surface area contributed by atoms with Gasteiger partial charge in [-0.05, 0) is 38.7 Å². The zero-order valence-corrected chi connectivity index (χ0v) is 13.0. The van der Waals surface area contributed by atoms with Crippen LogP contribution >= 0.6 is 0 Å². The molecule has 1 saturated heterocycles. The SMILES string of the molecule is C[C@@H]1CC[C@H](CCC(=O)N[C@@H](C)c2cccc([N+](=O)[O-])c2)O1. The van der Waals surface area contributed by atoms with E-state index < -0.39 is 4.92 Å². The van der Waals surface area contributed by atoms with Crippen LogP contribution in [0, 0.1) is 10.1 Å². The Morgan fingerprint density at radius 3 is 2.91 bits per heavy atom. The second-order valence-electron chi connectivity index (χ2n) is 5.83. The van der Waals surface area contributed by atoms with Crippen LogP contribution in [0.5, 0.6) is 0 Å². The summed E-state index contributed by atoms with van der Waals surface area (Å²) in [4.78, 5) is 22.3. The van der Waals surface area contributed by atoms with E-state index in [9.17, 15) is 14.9 Å². The molecule has 0 bridgehead atoms. The topological polar surface area (TPSA) is 81.5 Å². The Bertz CT molecular complexity index is 547. The minimum atomic E-state index is -0.434. The van der Waals surface area contributed by atoms with Crippen LogP contribution in [0.25, 0.3) is 0 Å². The standard InChI is InChI=1S/C16H22N2O4/c1-11-6-7-15(22-11)8-9-16(19)17-12(2)13-4-3-5-14(10-13)18(20)21/h3-5,10-12,15H,6-9H2,1-2H3,(H,17,19)/t11-,12+,15-/m1/s1. The molecule has 1 aromatic carbocycles. The van der Waals surface area contributed by atoms with Gasteiger partial charge in [0.15, 0.2) is 0 Å². The average molecular weight is 306 g/mol. The van der Waals surface area contributed by atoms with Gasteiger partial charge in [-0.15, -0.1) is 0 Å². The summed E-state index contributed by atoms with van der Waals surface area (Å²) in [6.45, 7) is 3.87. The first-order valence-corrected chi connectivity index (χ1v) is 7.65. The van der Waals surface area contributed by atoms with Crippen molar-refractivity contribution < 1.29 is 14.5 Å². The smallest absolute Gasteiger partial charge is 0.269 e. The maximum atomic E-state index is 12.0.